The number of methoxy groups -OCH3 is 1. The highest BCUT2D eigenvalue weighted by Gasteiger charge is 2.30. The van der Waals surface area contributed by atoms with Crippen molar-refractivity contribution < 1.29 is 9.53 Å². The van der Waals surface area contributed by atoms with Crippen molar-refractivity contribution >= 4 is 5.91 Å². The van der Waals surface area contributed by atoms with E-state index in [9.17, 15) is 4.79 Å². The van der Waals surface area contributed by atoms with E-state index in [4.69, 9.17) is 4.74 Å². The Labute approximate surface area is 120 Å². The van der Waals surface area contributed by atoms with Crippen molar-refractivity contribution in [3.8, 4) is 0 Å². The van der Waals surface area contributed by atoms with Gasteiger partial charge in [0.15, 0.2) is 0 Å². The average Bonchev–Trinajstić information content (AvgIpc) is 2.81. The van der Waals surface area contributed by atoms with Gasteiger partial charge in [0.1, 0.15) is 0 Å². The second kappa shape index (κ2) is 6.37. The fraction of sp³-hybridized carbons (Fsp3) is 0.714. The van der Waals surface area contributed by atoms with Gasteiger partial charge < -0.3 is 14.5 Å². The summed E-state index contributed by atoms with van der Waals surface area (Å²) in [6, 6.07) is 0. The molecule has 2 heterocycles. The molecule has 112 valence electrons. The highest BCUT2D eigenvalue weighted by atomic mass is 16.5. The lowest BCUT2D eigenvalue weighted by Gasteiger charge is -2.32. The molecule has 20 heavy (non-hydrogen) atoms. The number of fused-ring (bicyclic) bond motifs is 1. The van der Waals surface area contributed by atoms with Crippen LogP contribution >= 0.6 is 0 Å². The zero-order valence-corrected chi connectivity index (χ0v) is 12.8. The highest BCUT2D eigenvalue weighted by molar-refractivity contribution is 5.78. The molecule has 1 amide bonds. The lowest BCUT2D eigenvalue weighted by atomic mass is 9.95. The van der Waals surface area contributed by atoms with Crippen molar-refractivity contribution in [3.05, 3.63) is 17.5 Å². The number of nitrogens with zero attached hydrogens (tertiary/aromatic N) is 4. The third-order valence-corrected chi connectivity index (χ3v) is 3.59. The zero-order valence-electron chi connectivity index (χ0n) is 12.8. The summed E-state index contributed by atoms with van der Waals surface area (Å²) in [5.74, 6) is 0.364. The van der Waals surface area contributed by atoms with Crippen LogP contribution in [0.4, 0.5) is 0 Å². The molecule has 1 aliphatic rings. The first-order chi connectivity index (χ1) is 9.55. The molecule has 0 aliphatic carbocycles. The number of carbonyl (C=O) groups is 1. The predicted molar refractivity (Wildman–Crippen MR) is 76.5 cm³/mol. The fourth-order valence-corrected chi connectivity index (χ4v) is 2.62. The molecular weight excluding hydrogens is 256 g/mol. The van der Waals surface area contributed by atoms with E-state index >= 15 is 0 Å². The molecule has 1 atom stereocenters. The Kier molecular flexibility index (Phi) is 4.77. The quantitative estimate of drug-likeness (QED) is 0.790. The molecule has 0 aromatic carbocycles. The van der Waals surface area contributed by atoms with Crippen LogP contribution in [0, 0.1) is 0 Å². The van der Waals surface area contributed by atoms with Gasteiger partial charge in [0.05, 0.1) is 25.4 Å². The van der Waals surface area contributed by atoms with E-state index in [2.05, 4.69) is 18.2 Å². The third kappa shape index (κ3) is 3.19. The summed E-state index contributed by atoms with van der Waals surface area (Å²) >= 11 is 0. The summed E-state index contributed by atoms with van der Waals surface area (Å²) in [6.45, 7) is 5.28. The normalized spacial score (nSPS) is 18.4. The largest absolute Gasteiger partial charge is 0.384 e. The molecule has 1 aromatic rings. The van der Waals surface area contributed by atoms with E-state index in [-0.39, 0.29) is 11.8 Å². The van der Waals surface area contributed by atoms with E-state index in [1.54, 1.807) is 7.11 Å². The summed E-state index contributed by atoms with van der Waals surface area (Å²) in [6.07, 6.45) is 2.09. The van der Waals surface area contributed by atoms with Crippen molar-refractivity contribution in [3.63, 3.8) is 0 Å². The van der Waals surface area contributed by atoms with Gasteiger partial charge in [0, 0.05) is 37.9 Å². The van der Waals surface area contributed by atoms with Crippen LogP contribution in [0.15, 0.2) is 6.20 Å². The van der Waals surface area contributed by atoms with Gasteiger partial charge in [-0.1, -0.05) is 0 Å². The van der Waals surface area contributed by atoms with Crippen molar-refractivity contribution in [2.75, 3.05) is 40.9 Å². The minimum absolute atomic E-state index is 0.146. The zero-order chi connectivity index (χ0) is 14.7. The number of likely N-dealkylation sites (N-methyl/N-ethyl adjacent to an activating group) is 1. The monoisotopic (exact) mass is 280 g/mol. The van der Waals surface area contributed by atoms with Gasteiger partial charge >= 0.3 is 0 Å². The minimum atomic E-state index is 0.146. The van der Waals surface area contributed by atoms with Crippen LogP contribution in [0.2, 0.25) is 0 Å². The van der Waals surface area contributed by atoms with Crippen LogP contribution < -0.4 is 0 Å². The first-order valence-electron chi connectivity index (χ1n) is 7.02. The number of ether oxygens (including phenoxy) is 1. The molecular formula is C14H24N4O2. The van der Waals surface area contributed by atoms with Gasteiger partial charge in [-0.05, 0) is 21.0 Å². The van der Waals surface area contributed by atoms with Crippen LogP contribution in [0.3, 0.4) is 0 Å². The molecule has 0 radical (unpaired) electrons. The molecule has 0 bridgehead atoms. The van der Waals surface area contributed by atoms with Crippen molar-refractivity contribution in [2.24, 2.45) is 0 Å². The number of hydrogen-bond donors (Lipinski definition) is 0. The van der Waals surface area contributed by atoms with E-state index in [0.717, 1.165) is 12.2 Å². The van der Waals surface area contributed by atoms with E-state index in [1.165, 1.54) is 5.56 Å². The average molecular weight is 280 g/mol. The Bertz CT molecular complexity index is 470. The Hall–Kier alpha value is -1.40. The number of hydrogen-bond acceptors (Lipinski definition) is 4. The Morgan fingerprint density at radius 3 is 2.90 bits per heavy atom. The molecule has 2 rings (SSSR count). The molecule has 6 heteroatoms. The van der Waals surface area contributed by atoms with E-state index in [1.807, 2.05) is 28.6 Å². The summed E-state index contributed by atoms with van der Waals surface area (Å²) in [5, 5.41) is 4.57. The SMILES string of the molecule is CCn1cc2c(n1)CN(C(=O)CN(C)C)CC2COC. The smallest absolute Gasteiger partial charge is 0.237 e. The summed E-state index contributed by atoms with van der Waals surface area (Å²) in [4.78, 5) is 16.0. The maximum Gasteiger partial charge on any atom is 0.237 e. The minimum Gasteiger partial charge on any atom is -0.384 e. The summed E-state index contributed by atoms with van der Waals surface area (Å²) in [5.41, 5.74) is 2.23. The van der Waals surface area contributed by atoms with E-state index < -0.39 is 0 Å². The molecule has 1 aromatic heterocycles. The second-order valence-electron chi connectivity index (χ2n) is 5.55. The molecule has 0 saturated carbocycles. The molecule has 0 spiro atoms. The highest BCUT2D eigenvalue weighted by Crippen LogP contribution is 2.27. The Morgan fingerprint density at radius 1 is 1.55 bits per heavy atom. The van der Waals surface area contributed by atoms with Crippen molar-refractivity contribution in [1.82, 2.24) is 19.6 Å². The topological polar surface area (TPSA) is 50.6 Å². The number of carbonyl (C=O) groups excluding carboxylic acids is 1. The fourth-order valence-electron chi connectivity index (χ4n) is 2.62. The lowest BCUT2D eigenvalue weighted by Crippen LogP contribution is -2.43. The first-order valence-corrected chi connectivity index (χ1v) is 7.02. The van der Waals surface area contributed by atoms with Crippen LogP contribution in [-0.2, 0) is 22.6 Å². The molecule has 0 saturated heterocycles. The number of aryl methyl sites for hydroxylation is 1. The van der Waals surface area contributed by atoms with Crippen LogP contribution in [0.1, 0.15) is 24.1 Å². The molecule has 1 aliphatic heterocycles. The van der Waals surface area contributed by atoms with Crippen molar-refractivity contribution in [2.45, 2.75) is 25.9 Å². The maximum atomic E-state index is 12.3. The van der Waals surface area contributed by atoms with Gasteiger partial charge in [-0.15, -0.1) is 0 Å². The molecule has 1 unspecified atom stereocenters. The van der Waals surface area contributed by atoms with E-state index in [0.29, 0.717) is 26.2 Å². The van der Waals surface area contributed by atoms with Gasteiger partial charge in [0.25, 0.3) is 0 Å². The van der Waals surface area contributed by atoms with Gasteiger partial charge in [-0.3, -0.25) is 9.48 Å². The van der Waals surface area contributed by atoms with Gasteiger partial charge in [-0.2, -0.15) is 5.10 Å². The summed E-state index contributed by atoms with van der Waals surface area (Å²) < 4.78 is 7.24. The van der Waals surface area contributed by atoms with Crippen LogP contribution in [0.25, 0.3) is 0 Å². The maximum absolute atomic E-state index is 12.3. The van der Waals surface area contributed by atoms with Gasteiger partial charge in [0.2, 0.25) is 5.91 Å². The molecule has 6 nitrogen and oxygen atoms in total. The molecule has 0 N–H and O–H groups in total. The third-order valence-electron chi connectivity index (χ3n) is 3.59. The molecule has 0 fully saturated rings. The first kappa shape index (κ1) is 15.0. The number of aromatic nitrogens is 2. The number of rotatable bonds is 5. The predicted octanol–water partition coefficient (Wildman–Crippen LogP) is 0.537. The lowest BCUT2D eigenvalue weighted by molar-refractivity contribution is -0.133. The van der Waals surface area contributed by atoms with Crippen LogP contribution in [-0.4, -0.2) is 66.4 Å². The summed E-state index contributed by atoms with van der Waals surface area (Å²) in [7, 11) is 5.52. The standard InChI is InChI=1S/C14H24N4O2/c1-5-18-7-12-11(10-20-4)6-17(8-13(12)15-18)14(19)9-16(2)3/h7,11H,5-6,8-10H2,1-4H3. The van der Waals surface area contributed by atoms with Crippen molar-refractivity contribution in [1.29, 1.82) is 0 Å². The second-order valence-corrected chi connectivity index (χ2v) is 5.55. The Morgan fingerprint density at radius 2 is 2.30 bits per heavy atom. The van der Waals surface area contributed by atoms with Crippen LogP contribution in [0.5, 0.6) is 0 Å². The number of amides is 1. The Balaban J connectivity index is 2.19. The van der Waals surface area contributed by atoms with Gasteiger partial charge in [-0.25, -0.2) is 0 Å².